The molecule has 3 aromatic carbocycles. The van der Waals surface area contributed by atoms with E-state index in [9.17, 15) is 18.3 Å². The summed E-state index contributed by atoms with van der Waals surface area (Å²) in [6.45, 7) is 2.03. The minimum absolute atomic E-state index is 0.0394. The van der Waals surface area contributed by atoms with Gasteiger partial charge in [0.25, 0.3) is 10.0 Å². The van der Waals surface area contributed by atoms with Gasteiger partial charge in [0.05, 0.1) is 16.1 Å². The molecule has 5 rings (SSSR count). The Morgan fingerprint density at radius 3 is 2.21 bits per heavy atom. The molecule has 1 unspecified atom stereocenters. The Labute approximate surface area is 222 Å². The van der Waals surface area contributed by atoms with E-state index in [2.05, 4.69) is 10.0 Å². The topological polar surface area (TPSA) is 109 Å². The molecule has 0 amide bonds. The fraction of sp³-hybridized carbons (Fsp3) is 0.233. The molecule has 0 spiro atoms. The zero-order valence-electron chi connectivity index (χ0n) is 21.1. The van der Waals surface area contributed by atoms with Gasteiger partial charge in [-0.3, -0.25) is 4.72 Å². The second-order valence-electron chi connectivity index (χ2n) is 9.70. The summed E-state index contributed by atoms with van der Waals surface area (Å²) < 4.78 is 33.8. The molecular weight excluding hydrogens is 500 g/mol. The van der Waals surface area contributed by atoms with E-state index in [0.717, 1.165) is 12.0 Å². The smallest absolute Gasteiger partial charge is 0.345 e. The van der Waals surface area contributed by atoms with Crippen LogP contribution in [0.5, 0.6) is 5.75 Å². The lowest BCUT2D eigenvalue weighted by Crippen LogP contribution is -2.27. The second kappa shape index (κ2) is 10.4. The van der Waals surface area contributed by atoms with Crippen molar-refractivity contribution >= 4 is 21.4 Å². The third-order valence-corrected chi connectivity index (χ3v) is 8.35. The molecule has 0 saturated heterocycles. The van der Waals surface area contributed by atoms with Crippen LogP contribution in [0.3, 0.4) is 0 Å². The van der Waals surface area contributed by atoms with Crippen LogP contribution in [0.1, 0.15) is 49.0 Å². The van der Waals surface area contributed by atoms with Gasteiger partial charge in [0.2, 0.25) is 0 Å². The number of rotatable bonds is 10. The van der Waals surface area contributed by atoms with Crippen LogP contribution >= 0.6 is 0 Å². The minimum Gasteiger partial charge on any atom is -0.507 e. The molecule has 1 fully saturated rings. The lowest BCUT2D eigenvalue weighted by molar-refractivity contribution is 0.379. The van der Waals surface area contributed by atoms with Crippen LogP contribution < -0.4 is 15.7 Å². The molecule has 38 heavy (non-hydrogen) atoms. The van der Waals surface area contributed by atoms with E-state index in [4.69, 9.17) is 4.42 Å². The third kappa shape index (κ3) is 5.45. The highest BCUT2D eigenvalue weighted by atomic mass is 32.2. The molecule has 1 aliphatic carbocycles. The number of benzene rings is 3. The molecule has 8 heteroatoms. The first-order valence-corrected chi connectivity index (χ1v) is 14.2. The maximum atomic E-state index is 13.2. The number of hydrogen-bond donors (Lipinski definition) is 3. The highest BCUT2D eigenvalue weighted by Gasteiger charge is 2.49. The van der Waals surface area contributed by atoms with Crippen molar-refractivity contribution in [2.24, 2.45) is 0 Å². The zero-order valence-corrected chi connectivity index (χ0v) is 21.9. The van der Waals surface area contributed by atoms with Crippen molar-refractivity contribution in [1.29, 1.82) is 0 Å². The van der Waals surface area contributed by atoms with E-state index in [1.165, 1.54) is 12.1 Å². The highest BCUT2D eigenvalue weighted by molar-refractivity contribution is 7.92. The summed E-state index contributed by atoms with van der Waals surface area (Å²) in [4.78, 5) is 13.3. The van der Waals surface area contributed by atoms with Crippen LogP contribution in [-0.2, 0) is 22.0 Å². The van der Waals surface area contributed by atoms with Crippen molar-refractivity contribution in [3.05, 3.63) is 118 Å². The van der Waals surface area contributed by atoms with E-state index in [1.807, 2.05) is 37.3 Å². The predicted octanol–water partition coefficient (Wildman–Crippen LogP) is 5.98. The Morgan fingerprint density at radius 2 is 1.58 bits per heavy atom. The maximum absolute atomic E-state index is 13.2. The van der Waals surface area contributed by atoms with Crippen molar-refractivity contribution in [3.63, 3.8) is 0 Å². The van der Waals surface area contributed by atoms with Crippen LogP contribution in [-0.4, -0.2) is 13.5 Å². The fourth-order valence-corrected chi connectivity index (χ4v) is 5.87. The third-order valence-electron chi connectivity index (χ3n) is 6.95. The average Bonchev–Trinajstić information content (AvgIpc) is 3.67. The summed E-state index contributed by atoms with van der Waals surface area (Å²) in [5.41, 5.74) is 1.00. The van der Waals surface area contributed by atoms with E-state index < -0.39 is 21.2 Å². The van der Waals surface area contributed by atoms with E-state index in [-0.39, 0.29) is 22.1 Å². The number of hydrogen-bond acceptors (Lipinski definition) is 6. The van der Waals surface area contributed by atoms with Gasteiger partial charge < -0.3 is 14.8 Å². The van der Waals surface area contributed by atoms with Crippen molar-refractivity contribution in [3.8, 4) is 5.75 Å². The molecule has 3 N–H and O–H groups in total. The van der Waals surface area contributed by atoms with Gasteiger partial charge in [-0.2, -0.15) is 0 Å². The zero-order chi connectivity index (χ0) is 26.8. The van der Waals surface area contributed by atoms with Crippen molar-refractivity contribution in [2.45, 2.75) is 49.0 Å². The summed E-state index contributed by atoms with van der Waals surface area (Å²) in [7, 11) is -3.74. The molecule has 1 aliphatic rings. The first kappa shape index (κ1) is 25.6. The molecule has 0 aliphatic heterocycles. The number of nitrogens with one attached hydrogen (secondary N) is 2. The Hall–Kier alpha value is -4.04. The SMILES string of the molecule is CCC(Cc1ccccc1)c1cc(O)c(C2(Nc3cccc(NS(=O)(=O)c4ccccc4)c3)CC2)c(=O)o1. The van der Waals surface area contributed by atoms with E-state index >= 15 is 0 Å². The summed E-state index contributed by atoms with van der Waals surface area (Å²) in [5.74, 6) is 0.340. The molecule has 0 radical (unpaired) electrons. The molecule has 1 saturated carbocycles. The molecule has 7 nitrogen and oxygen atoms in total. The summed E-state index contributed by atoms with van der Waals surface area (Å²) in [6, 6.07) is 26.5. The Kier molecular flexibility index (Phi) is 6.99. The van der Waals surface area contributed by atoms with Gasteiger partial charge in [-0.25, -0.2) is 13.2 Å². The van der Waals surface area contributed by atoms with Crippen LogP contribution in [0.25, 0.3) is 0 Å². The average molecular weight is 531 g/mol. The summed E-state index contributed by atoms with van der Waals surface area (Å²) in [5, 5.41) is 14.3. The van der Waals surface area contributed by atoms with Crippen LogP contribution in [0.15, 0.2) is 105 Å². The van der Waals surface area contributed by atoms with Crippen molar-refractivity contribution < 1.29 is 17.9 Å². The quantitative estimate of drug-likeness (QED) is 0.233. The first-order valence-electron chi connectivity index (χ1n) is 12.7. The second-order valence-corrected chi connectivity index (χ2v) is 11.4. The molecule has 1 atom stereocenters. The Bertz CT molecular complexity index is 1580. The molecule has 196 valence electrons. The van der Waals surface area contributed by atoms with Gasteiger partial charge in [0.1, 0.15) is 17.1 Å². The Morgan fingerprint density at radius 1 is 0.921 bits per heavy atom. The van der Waals surface area contributed by atoms with Crippen LogP contribution in [0.2, 0.25) is 0 Å². The van der Waals surface area contributed by atoms with Gasteiger partial charge in [0.15, 0.2) is 0 Å². The van der Waals surface area contributed by atoms with Gasteiger partial charge >= 0.3 is 5.63 Å². The summed E-state index contributed by atoms with van der Waals surface area (Å²) >= 11 is 0. The van der Waals surface area contributed by atoms with Crippen molar-refractivity contribution in [1.82, 2.24) is 0 Å². The number of sulfonamides is 1. The summed E-state index contributed by atoms with van der Waals surface area (Å²) in [6.07, 6.45) is 2.72. The molecular formula is C30H30N2O5S. The first-order chi connectivity index (χ1) is 18.3. The highest BCUT2D eigenvalue weighted by Crippen LogP contribution is 2.50. The molecule has 1 heterocycles. The van der Waals surface area contributed by atoms with Gasteiger partial charge in [0, 0.05) is 17.7 Å². The van der Waals surface area contributed by atoms with Crippen LogP contribution in [0.4, 0.5) is 11.4 Å². The molecule has 4 aromatic rings. The minimum atomic E-state index is -3.74. The number of aromatic hydroxyl groups is 1. The van der Waals surface area contributed by atoms with Crippen molar-refractivity contribution in [2.75, 3.05) is 10.0 Å². The maximum Gasteiger partial charge on any atom is 0.345 e. The monoisotopic (exact) mass is 530 g/mol. The van der Waals surface area contributed by atoms with E-state index in [0.29, 0.717) is 36.4 Å². The predicted molar refractivity (Wildman–Crippen MR) is 148 cm³/mol. The normalized spacial score (nSPS) is 15.0. The Balaban J connectivity index is 1.37. The largest absolute Gasteiger partial charge is 0.507 e. The standard InChI is InChI=1S/C30H30N2O5S/c1-2-22(18-21-10-5-3-6-11-21)27-20-26(33)28(29(34)37-27)30(16-17-30)31-23-12-9-13-24(19-23)32-38(35,36)25-14-7-4-8-15-25/h3-15,19-20,22,31-33H,2,16-18H2,1H3. The fourth-order valence-electron chi connectivity index (χ4n) is 4.80. The lowest BCUT2D eigenvalue weighted by Gasteiger charge is -2.21. The van der Waals surface area contributed by atoms with Gasteiger partial charge in [-0.1, -0.05) is 61.5 Å². The van der Waals surface area contributed by atoms with E-state index in [1.54, 1.807) is 48.5 Å². The number of anilines is 2. The molecule has 0 bridgehead atoms. The van der Waals surface area contributed by atoms with Crippen LogP contribution in [0, 0.1) is 0 Å². The van der Waals surface area contributed by atoms with Gasteiger partial charge in [-0.05, 0) is 61.6 Å². The molecule has 1 aromatic heterocycles. The van der Waals surface area contributed by atoms with Gasteiger partial charge in [-0.15, -0.1) is 0 Å². The lowest BCUT2D eigenvalue weighted by atomic mass is 9.93.